The van der Waals surface area contributed by atoms with E-state index in [0.717, 1.165) is 24.0 Å². The first-order chi connectivity index (χ1) is 14.1. The van der Waals surface area contributed by atoms with Crippen LogP contribution in [0.5, 0.6) is 0 Å². The zero-order valence-electron chi connectivity index (χ0n) is 17.0. The molecular formula is C23H25N5S. The number of thioether (sulfide) groups is 1. The Bertz CT molecular complexity index is 1040. The molecule has 29 heavy (non-hydrogen) atoms. The molecule has 1 saturated heterocycles. The highest BCUT2D eigenvalue weighted by Crippen LogP contribution is 2.48. The van der Waals surface area contributed by atoms with Crippen LogP contribution in [0.2, 0.25) is 0 Å². The molecular weight excluding hydrogens is 378 g/mol. The number of pyridine rings is 2. The summed E-state index contributed by atoms with van der Waals surface area (Å²) >= 11 is 1.89. The predicted molar refractivity (Wildman–Crippen MR) is 118 cm³/mol. The summed E-state index contributed by atoms with van der Waals surface area (Å²) in [7, 11) is 0. The highest BCUT2D eigenvalue weighted by Gasteiger charge is 2.44. The molecule has 5 heterocycles. The number of hydrogen-bond donors (Lipinski definition) is 0. The number of aromatic nitrogens is 3. The summed E-state index contributed by atoms with van der Waals surface area (Å²) in [5.41, 5.74) is 6.27. The van der Waals surface area contributed by atoms with Crippen LogP contribution in [-0.2, 0) is 6.54 Å². The first-order valence-electron chi connectivity index (χ1n) is 10.1. The molecule has 6 heteroatoms. The largest absolute Gasteiger partial charge is 0.344 e. The number of nitrogens with zero attached hydrogens (tertiary/aromatic N) is 5. The molecule has 0 aliphatic carbocycles. The SMILES string of the molecule is Cc1cc([C@@H]2[C@H](c3ccccn3)N=C3S[C@H](C)CN32)c(C)n1Cc1ccncc1. The number of rotatable bonds is 4. The maximum atomic E-state index is 5.12. The van der Waals surface area contributed by atoms with Crippen LogP contribution in [-0.4, -0.2) is 36.4 Å². The minimum Gasteiger partial charge on any atom is -0.344 e. The molecule has 3 aromatic rings. The quantitative estimate of drug-likeness (QED) is 0.642. The van der Waals surface area contributed by atoms with E-state index in [9.17, 15) is 0 Å². The lowest BCUT2D eigenvalue weighted by molar-refractivity contribution is 0.320. The van der Waals surface area contributed by atoms with E-state index in [1.807, 2.05) is 36.4 Å². The Hall–Kier alpha value is -2.60. The molecule has 5 nitrogen and oxygen atoms in total. The van der Waals surface area contributed by atoms with Gasteiger partial charge in [-0.15, -0.1) is 0 Å². The van der Waals surface area contributed by atoms with Gasteiger partial charge in [0.2, 0.25) is 0 Å². The van der Waals surface area contributed by atoms with Crippen molar-refractivity contribution in [2.75, 3.05) is 6.54 Å². The van der Waals surface area contributed by atoms with Gasteiger partial charge in [-0.1, -0.05) is 24.8 Å². The number of fused-ring (bicyclic) bond motifs is 1. The summed E-state index contributed by atoms with van der Waals surface area (Å²) in [6.07, 6.45) is 5.60. The number of aliphatic imine (C=N–C) groups is 1. The second-order valence-corrected chi connectivity index (χ2v) is 9.31. The topological polar surface area (TPSA) is 46.3 Å². The van der Waals surface area contributed by atoms with Crippen molar-refractivity contribution >= 4 is 16.9 Å². The summed E-state index contributed by atoms with van der Waals surface area (Å²) in [5, 5.41) is 1.73. The van der Waals surface area contributed by atoms with Gasteiger partial charge in [0.1, 0.15) is 6.04 Å². The van der Waals surface area contributed by atoms with Crippen molar-refractivity contribution < 1.29 is 0 Å². The third-order valence-corrected chi connectivity index (χ3v) is 7.00. The average molecular weight is 404 g/mol. The fraction of sp³-hybridized carbons (Fsp3) is 0.348. The minimum absolute atomic E-state index is 0.0427. The van der Waals surface area contributed by atoms with Gasteiger partial charge in [0.15, 0.2) is 5.17 Å². The van der Waals surface area contributed by atoms with E-state index in [4.69, 9.17) is 4.99 Å². The second-order valence-electron chi connectivity index (χ2n) is 7.90. The van der Waals surface area contributed by atoms with Crippen molar-refractivity contribution in [1.29, 1.82) is 0 Å². The third-order valence-electron chi connectivity index (χ3n) is 5.90. The van der Waals surface area contributed by atoms with Crippen LogP contribution < -0.4 is 0 Å². The Balaban J connectivity index is 1.55. The highest BCUT2D eigenvalue weighted by molar-refractivity contribution is 8.14. The lowest BCUT2D eigenvalue weighted by Crippen LogP contribution is -2.29. The first kappa shape index (κ1) is 18.4. The molecule has 0 spiro atoms. The molecule has 0 aromatic carbocycles. The summed E-state index contributed by atoms with van der Waals surface area (Å²) in [6, 6.07) is 12.9. The van der Waals surface area contributed by atoms with Gasteiger partial charge in [-0.2, -0.15) is 0 Å². The van der Waals surface area contributed by atoms with E-state index in [-0.39, 0.29) is 12.1 Å². The lowest BCUT2D eigenvalue weighted by Gasteiger charge is -2.27. The smallest absolute Gasteiger partial charge is 0.160 e. The Kier molecular flexibility index (Phi) is 4.66. The Labute approximate surface area is 175 Å². The highest BCUT2D eigenvalue weighted by atomic mass is 32.2. The number of amidine groups is 1. The van der Waals surface area contributed by atoms with Gasteiger partial charge < -0.3 is 9.47 Å². The van der Waals surface area contributed by atoms with Crippen LogP contribution >= 0.6 is 11.8 Å². The maximum absolute atomic E-state index is 5.12. The standard InChI is InChI=1S/C23H25N5S/c1-15-12-19(17(3)27(15)14-18-7-10-24-11-8-18)22-21(20-6-4-5-9-25-20)26-23-28(22)13-16(2)29-23/h4-12,16,21-22H,13-14H2,1-3H3/t16-,21+,22-/m1/s1. The zero-order valence-corrected chi connectivity index (χ0v) is 17.8. The second kappa shape index (κ2) is 7.34. The third kappa shape index (κ3) is 3.25. The summed E-state index contributed by atoms with van der Waals surface area (Å²) in [6.45, 7) is 8.62. The molecule has 0 radical (unpaired) electrons. The average Bonchev–Trinajstić information content (AvgIpc) is 3.35. The fourth-order valence-corrected chi connectivity index (χ4v) is 5.59. The Morgan fingerprint density at radius 2 is 1.93 bits per heavy atom. The van der Waals surface area contributed by atoms with E-state index >= 15 is 0 Å². The molecule has 148 valence electrons. The van der Waals surface area contributed by atoms with Gasteiger partial charge in [0.05, 0.1) is 11.7 Å². The van der Waals surface area contributed by atoms with Crippen LogP contribution in [0, 0.1) is 13.8 Å². The lowest BCUT2D eigenvalue weighted by atomic mass is 9.96. The normalized spacial score (nSPS) is 23.3. The van der Waals surface area contributed by atoms with Crippen molar-refractivity contribution in [1.82, 2.24) is 19.4 Å². The van der Waals surface area contributed by atoms with E-state index in [0.29, 0.717) is 5.25 Å². The molecule has 5 rings (SSSR count). The summed E-state index contributed by atoms with van der Waals surface area (Å²) in [5.74, 6) is 0. The van der Waals surface area contributed by atoms with Gasteiger partial charge in [-0.25, -0.2) is 0 Å². The predicted octanol–water partition coefficient (Wildman–Crippen LogP) is 4.53. The molecule has 3 aromatic heterocycles. The summed E-state index contributed by atoms with van der Waals surface area (Å²) in [4.78, 5) is 16.4. The van der Waals surface area contributed by atoms with Crippen LogP contribution in [0.4, 0.5) is 0 Å². The minimum atomic E-state index is 0.0427. The molecule has 2 aliphatic heterocycles. The fourth-order valence-electron chi connectivity index (χ4n) is 4.50. The molecule has 0 bridgehead atoms. The first-order valence-corrected chi connectivity index (χ1v) is 11.0. The summed E-state index contributed by atoms with van der Waals surface area (Å²) < 4.78 is 2.41. The van der Waals surface area contributed by atoms with Crippen molar-refractivity contribution in [2.24, 2.45) is 4.99 Å². The van der Waals surface area contributed by atoms with Crippen molar-refractivity contribution in [2.45, 2.75) is 44.6 Å². The van der Waals surface area contributed by atoms with Crippen LogP contribution in [0.1, 0.15) is 47.2 Å². The molecule has 0 amide bonds. The van der Waals surface area contributed by atoms with E-state index < -0.39 is 0 Å². The maximum Gasteiger partial charge on any atom is 0.160 e. The monoisotopic (exact) mass is 403 g/mol. The van der Waals surface area contributed by atoms with E-state index in [1.54, 1.807) is 0 Å². The number of aryl methyl sites for hydroxylation is 1. The molecule has 1 fully saturated rings. The van der Waals surface area contributed by atoms with Gasteiger partial charge in [0.25, 0.3) is 0 Å². The van der Waals surface area contributed by atoms with E-state index in [1.165, 1.54) is 22.5 Å². The van der Waals surface area contributed by atoms with E-state index in [2.05, 4.69) is 70.5 Å². The molecule has 3 atom stereocenters. The Morgan fingerprint density at radius 1 is 1.10 bits per heavy atom. The zero-order chi connectivity index (χ0) is 20.0. The number of hydrogen-bond acceptors (Lipinski definition) is 5. The van der Waals surface area contributed by atoms with Gasteiger partial charge in [-0.05, 0) is 55.3 Å². The van der Waals surface area contributed by atoms with Crippen molar-refractivity contribution in [3.05, 3.63) is 83.2 Å². The van der Waals surface area contributed by atoms with Gasteiger partial charge in [0, 0.05) is 48.3 Å². The van der Waals surface area contributed by atoms with Crippen molar-refractivity contribution in [3.8, 4) is 0 Å². The van der Waals surface area contributed by atoms with Gasteiger partial charge >= 0.3 is 0 Å². The van der Waals surface area contributed by atoms with Gasteiger partial charge in [-0.3, -0.25) is 15.0 Å². The van der Waals surface area contributed by atoms with Crippen LogP contribution in [0.25, 0.3) is 0 Å². The van der Waals surface area contributed by atoms with Crippen molar-refractivity contribution in [3.63, 3.8) is 0 Å². The molecule has 0 unspecified atom stereocenters. The molecule has 0 N–H and O–H groups in total. The Morgan fingerprint density at radius 3 is 2.69 bits per heavy atom. The van der Waals surface area contributed by atoms with Crippen LogP contribution in [0.15, 0.2) is 60.0 Å². The molecule has 0 saturated carbocycles. The van der Waals surface area contributed by atoms with Crippen LogP contribution in [0.3, 0.4) is 0 Å². The molecule has 2 aliphatic rings.